The van der Waals surface area contributed by atoms with Crippen LogP contribution in [-0.2, 0) is 4.79 Å². The highest BCUT2D eigenvalue weighted by atomic mass is 19.1. The van der Waals surface area contributed by atoms with Gasteiger partial charge in [0.2, 0.25) is 5.91 Å². The van der Waals surface area contributed by atoms with Gasteiger partial charge >= 0.3 is 0 Å². The lowest BCUT2D eigenvalue weighted by molar-refractivity contribution is -0.127. The van der Waals surface area contributed by atoms with Crippen LogP contribution in [0.1, 0.15) is 24.8 Å². The van der Waals surface area contributed by atoms with E-state index in [2.05, 4.69) is 0 Å². The predicted molar refractivity (Wildman–Crippen MR) is 56.0 cm³/mol. The van der Waals surface area contributed by atoms with Gasteiger partial charge in [-0.05, 0) is 24.1 Å². The van der Waals surface area contributed by atoms with Gasteiger partial charge in [0.1, 0.15) is 5.82 Å². The van der Waals surface area contributed by atoms with Gasteiger partial charge in [0, 0.05) is 25.9 Å². The van der Waals surface area contributed by atoms with Crippen LogP contribution in [0.4, 0.5) is 4.39 Å². The second-order valence-electron chi connectivity index (χ2n) is 4.00. The Kier molecular flexibility index (Phi) is 2.71. The van der Waals surface area contributed by atoms with Crippen molar-refractivity contribution in [2.45, 2.75) is 19.3 Å². The molecule has 1 aliphatic rings. The van der Waals surface area contributed by atoms with E-state index in [9.17, 15) is 9.18 Å². The van der Waals surface area contributed by atoms with Crippen LogP contribution in [0.25, 0.3) is 0 Å². The van der Waals surface area contributed by atoms with E-state index in [-0.39, 0.29) is 11.7 Å². The number of amides is 1. The van der Waals surface area contributed by atoms with E-state index in [4.69, 9.17) is 0 Å². The summed E-state index contributed by atoms with van der Waals surface area (Å²) < 4.78 is 12.7. The third-order valence-electron chi connectivity index (χ3n) is 2.97. The van der Waals surface area contributed by atoms with Crippen molar-refractivity contribution >= 4 is 5.91 Å². The Morgan fingerprint density at radius 3 is 2.60 bits per heavy atom. The Hall–Kier alpha value is -1.38. The fourth-order valence-electron chi connectivity index (χ4n) is 2.05. The fraction of sp³-hybridized carbons (Fsp3) is 0.417. The summed E-state index contributed by atoms with van der Waals surface area (Å²) in [6, 6.07) is 6.57. The molecule has 2 rings (SSSR count). The molecule has 1 unspecified atom stereocenters. The second kappa shape index (κ2) is 4.01. The first-order valence-corrected chi connectivity index (χ1v) is 5.18. The molecule has 1 aromatic carbocycles. The monoisotopic (exact) mass is 207 g/mol. The topological polar surface area (TPSA) is 20.3 Å². The first kappa shape index (κ1) is 10.1. The van der Waals surface area contributed by atoms with Crippen LogP contribution in [0.15, 0.2) is 24.3 Å². The van der Waals surface area contributed by atoms with Crippen LogP contribution in [-0.4, -0.2) is 23.9 Å². The number of hydrogen-bond acceptors (Lipinski definition) is 1. The molecular formula is C12H14FNO. The molecule has 2 nitrogen and oxygen atoms in total. The van der Waals surface area contributed by atoms with Crippen molar-refractivity contribution in [2.75, 3.05) is 13.1 Å². The molecule has 0 bridgehead atoms. The minimum atomic E-state index is -0.208. The fourth-order valence-corrected chi connectivity index (χ4v) is 2.05. The number of carbonyl (C=O) groups excluding carboxylic acids is 1. The van der Waals surface area contributed by atoms with Crippen molar-refractivity contribution in [1.82, 2.24) is 4.90 Å². The van der Waals surface area contributed by atoms with Crippen molar-refractivity contribution in [2.24, 2.45) is 0 Å². The van der Waals surface area contributed by atoms with E-state index < -0.39 is 0 Å². The highest BCUT2D eigenvalue weighted by Crippen LogP contribution is 2.27. The molecule has 0 aliphatic carbocycles. The van der Waals surface area contributed by atoms with Gasteiger partial charge in [-0.3, -0.25) is 4.79 Å². The van der Waals surface area contributed by atoms with Gasteiger partial charge in [-0.15, -0.1) is 0 Å². The normalized spacial score (nSPS) is 20.7. The largest absolute Gasteiger partial charge is 0.342 e. The first-order chi connectivity index (χ1) is 7.16. The number of likely N-dealkylation sites (tertiary alicyclic amines) is 1. The van der Waals surface area contributed by atoms with Crippen LogP contribution in [0.3, 0.4) is 0 Å². The lowest BCUT2D eigenvalue weighted by Gasteiger charge is -2.13. The van der Waals surface area contributed by atoms with Crippen LogP contribution in [0.5, 0.6) is 0 Å². The van der Waals surface area contributed by atoms with E-state index >= 15 is 0 Å². The maximum Gasteiger partial charge on any atom is 0.219 e. The second-order valence-corrected chi connectivity index (χ2v) is 4.00. The standard InChI is InChI=1S/C12H14FNO/c1-9(15)14-7-6-11(8-14)10-2-4-12(13)5-3-10/h2-5,11H,6-8H2,1H3. The zero-order valence-corrected chi connectivity index (χ0v) is 8.74. The zero-order chi connectivity index (χ0) is 10.8. The summed E-state index contributed by atoms with van der Waals surface area (Å²) in [7, 11) is 0. The van der Waals surface area contributed by atoms with Crippen molar-refractivity contribution < 1.29 is 9.18 Å². The lowest BCUT2D eigenvalue weighted by Crippen LogP contribution is -2.25. The number of halogens is 1. The third-order valence-corrected chi connectivity index (χ3v) is 2.97. The number of rotatable bonds is 1. The van der Waals surface area contributed by atoms with Crippen molar-refractivity contribution in [1.29, 1.82) is 0 Å². The van der Waals surface area contributed by atoms with Gasteiger partial charge in [0.05, 0.1) is 0 Å². The molecule has 1 atom stereocenters. The highest BCUT2D eigenvalue weighted by Gasteiger charge is 2.25. The Morgan fingerprint density at radius 1 is 1.40 bits per heavy atom. The van der Waals surface area contributed by atoms with Crippen molar-refractivity contribution in [3.05, 3.63) is 35.6 Å². The number of carbonyl (C=O) groups is 1. The Balaban J connectivity index is 2.07. The number of benzene rings is 1. The maximum absolute atomic E-state index is 12.7. The molecule has 1 saturated heterocycles. The molecule has 1 amide bonds. The van der Waals surface area contributed by atoms with Gasteiger partial charge in [-0.2, -0.15) is 0 Å². The Morgan fingerprint density at radius 2 is 2.07 bits per heavy atom. The third kappa shape index (κ3) is 2.17. The maximum atomic E-state index is 12.7. The quantitative estimate of drug-likeness (QED) is 0.691. The summed E-state index contributed by atoms with van der Waals surface area (Å²) >= 11 is 0. The van der Waals surface area contributed by atoms with Gasteiger partial charge in [-0.25, -0.2) is 4.39 Å². The summed E-state index contributed by atoms with van der Waals surface area (Å²) in [5, 5.41) is 0. The first-order valence-electron chi connectivity index (χ1n) is 5.18. The van der Waals surface area contributed by atoms with Gasteiger partial charge in [0.15, 0.2) is 0 Å². The molecule has 0 spiro atoms. The molecule has 1 aliphatic heterocycles. The SMILES string of the molecule is CC(=O)N1CCC(c2ccc(F)cc2)C1. The average Bonchev–Trinajstić information content (AvgIpc) is 2.68. The Labute approximate surface area is 88.7 Å². The summed E-state index contributed by atoms with van der Waals surface area (Å²) in [6.45, 7) is 3.17. The molecule has 80 valence electrons. The number of nitrogens with zero attached hydrogens (tertiary/aromatic N) is 1. The van der Waals surface area contributed by atoms with Crippen molar-refractivity contribution in [3.8, 4) is 0 Å². The summed E-state index contributed by atoms with van der Waals surface area (Å²) in [5.41, 5.74) is 1.13. The van der Waals surface area contributed by atoms with Crippen LogP contribution < -0.4 is 0 Å². The van der Waals surface area contributed by atoms with E-state index in [1.54, 1.807) is 6.92 Å². The van der Waals surface area contributed by atoms with E-state index in [0.29, 0.717) is 5.92 Å². The molecule has 1 fully saturated rings. The van der Waals surface area contributed by atoms with E-state index in [1.165, 1.54) is 12.1 Å². The predicted octanol–water partition coefficient (Wildman–Crippen LogP) is 2.16. The van der Waals surface area contributed by atoms with Crippen LogP contribution in [0, 0.1) is 5.82 Å². The summed E-state index contributed by atoms with van der Waals surface area (Å²) in [6.07, 6.45) is 0.977. The molecule has 0 N–H and O–H groups in total. The van der Waals surface area contributed by atoms with Gasteiger partial charge < -0.3 is 4.90 Å². The molecule has 1 heterocycles. The lowest BCUT2D eigenvalue weighted by atomic mass is 9.99. The number of hydrogen-bond donors (Lipinski definition) is 0. The van der Waals surface area contributed by atoms with Crippen LogP contribution >= 0.6 is 0 Å². The van der Waals surface area contributed by atoms with Gasteiger partial charge in [-0.1, -0.05) is 12.1 Å². The zero-order valence-electron chi connectivity index (χ0n) is 8.74. The smallest absolute Gasteiger partial charge is 0.219 e. The van der Waals surface area contributed by atoms with E-state index in [0.717, 1.165) is 25.1 Å². The average molecular weight is 207 g/mol. The van der Waals surface area contributed by atoms with Crippen molar-refractivity contribution in [3.63, 3.8) is 0 Å². The molecule has 0 saturated carbocycles. The molecule has 15 heavy (non-hydrogen) atoms. The molecule has 0 radical (unpaired) electrons. The minimum Gasteiger partial charge on any atom is -0.342 e. The summed E-state index contributed by atoms with van der Waals surface area (Å²) in [5.74, 6) is 0.286. The molecule has 0 aromatic heterocycles. The Bertz CT molecular complexity index is 360. The molecule has 3 heteroatoms. The summed E-state index contributed by atoms with van der Waals surface area (Å²) in [4.78, 5) is 13.0. The van der Waals surface area contributed by atoms with Gasteiger partial charge in [0.25, 0.3) is 0 Å². The van der Waals surface area contributed by atoms with Crippen LogP contribution in [0.2, 0.25) is 0 Å². The highest BCUT2D eigenvalue weighted by molar-refractivity contribution is 5.73. The minimum absolute atomic E-state index is 0.125. The molecule has 1 aromatic rings. The molecular weight excluding hydrogens is 193 g/mol. The van der Waals surface area contributed by atoms with E-state index in [1.807, 2.05) is 17.0 Å².